The van der Waals surface area contributed by atoms with Crippen LogP contribution in [0.15, 0.2) is 24.3 Å². The molecule has 1 unspecified atom stereocenters. The smallest absolute Gasteiger partial charge is 0.0318 e. The van der Waals surface area contributed by atoms with Gasteiger partial charge >= 0.3 is 0 Å². The minimum absolute atomic E-state index is 0.458. The van der Waals surface area contributed by atoms with Crippen LogP contribution in [0, 0.1) is 18.8 Å². The molecule has 1 rings (SSSR count). The monoisotopic (exact) mass is 215 g/mol. The fourth-order valence-corrected chi connectivity index (χ4v) is 1.73. The summed E-state index contributed by atoms with van der Waals surface area (Å²) in [6, 6.07) is 9.22. The molecule has 1 heteroatoms. The maximum atomic E-state index is 3.54. The third-order valence-corrected chi connectivity index (χ3v) is 2.71. The molecule has 86 valence electrons. The van der Waals surface area contributed by atoms with E-state index in [4.69, 9.17) is 0 Å². The molecular weight excluding hydrogens is 194 g/mol. The van der Waals surface area contributed by atoms with Crippen LogP contribution in [-0.2, 0) is 0 Å². The predicted molar refractivity (Wildman–Crippen MR) is 70.3 cm³/mol. The fraction of sp³-hybridized carbons (Fsp3) is 0.467. The standard InChI is InChI=1S/C15H21N/c1-4-6-7-12-16-15(5-2)14-10-8-13(3)9-11-14/h8-11,15-16H,5,7,12H2,1-3H3. The minimum atomic E-state index is 0.458. The highest BCUT2D eigenvalue weighted by Gasteiger charge is 2.06. The zero-order valence-corrected chi connectivity index (χ0v) is 10.5. The van der Waals surface area contributed by atoms with E-state index in [1.807, 2.05) is 6.92 Å². The summed E-state index contributed by atoms with van der Waals surface area (Å²) in [5, 5.41) is 3.54. The van der Waals surface area contributed by atoms with Gasteiger partial charge in [0.1, 0.15) is 0 Å². The summed E-state index contributed by atoms with van der Waals surface area (Å²) in [6.07, 6.45) is 2.04. The molecule has 0 fully saturated rings. The van der Waals surface area contributed by atoms with Crippen LogP contribution in [0.25, 0.3) is 0 Å². The number of hydrogen-bond acceptors (Lipinski definition) is 1. The second kappa shape index (κ2) is 7.09. The summed E-state index contributed by atoms with van der Waals surface area (Å²) >= 11 is 0. The molecule has 1 aromatic rings. The molecule has 1 aromatic carbocycles. The van der Waals surface area contributed by atoms with Crippen LogP contribution in [0.5, 0.6) is 0 Å². The van der Waals surface area contributed by atoms with Gasteiger partial charge in [-0.25, -0.2) is 0 Å². The number of hydrogen-bond donors (Lipinski definition) is 1. The fourth-order valence-electron chi connectivity index (χ4n) is 1.73. The Morgan fingerprint density at radius 1 is 1.25 bits per heavy atom. The first-order chi connectivity index (χ1) is 7.77. The molecule has 0 aromatic heterocycles. The van der Waals surface area contributed by atoms with Crippen molar-refractivity contribution in [1.29, 1.82) is 0 Å². The van der Waals surface area contributed by atoms with Crippen molar-refractivity contribution < 1.29 is 0 Å². The van der Waals surface area contributed by atoms with Gasteiger partial charge < -0.3 is 5.32 Å². The van der Waals surface area contributed by atoms with Gasteiger partial charge in [0.25, 0.3) is 0 Å². The van der Waals surface area contributed by atoms with Crippen LogP contribution in [0.2, 0.25) is 0 Å². The van der Waals surface area contributed by atoms with Crippen molar-refractivity contribution in [3.63, 3.8) is 0 Å². The quantitative estimate of drug-likeness (QED) is 0.586. The number of rotatable bonds is 5. The minimum Gasteiger partial charge on any atom is -0.309 e. The van der Waals surface area contributed by atoms with Crippen molar-refractivity contribution in [2.24, 2.45) is 0 Å². The van der Waals surface area contributed by atoms with Gasteiger partial charge in [0.15, 0.2) is 0 Å². The van der Waals surface area contributed by atoms with Gasteiger partial charge in [-0.3, -0.25) is 0 Å². The van der Waals surface area contributed by atoms with Crippen molar-refractivity contribution in [2.75, 3.05) is 6.54 Å². The van der Waals surface area contributed by atoms with Crippen molar-refractivity contribution in [3.8, 4) is 11.8 Å². The zero-order chi connectivity index (χ0) is 11.8. The van der Waals surface area contributed by atoms with E-state index in [0.717, 1.165) is 19.4 Å². The Kier molecular flexibility index (Phi) is 5.67. The van der Waals surface area contributed by atoms with Gasteiger partial charge in [-0.05, 0) is 25.8 Å². The van der Waals surface area contributed by atoms with E-state index >= 15 is 0 Å². The Hall–Kier alpha value is -1.26. The van der Waals surface area contributed by atoms with Gasteiger partial charge in [-0.1, -0.05) is 36.8 Å². The lowest BCUT2D eigenvalue weighted by Gasteiger charge is -2.16. The number of nitrogens with one attached hydrogen (secondary N) is 1. The van der Waals surface area contributed by atoms with Gasteiger partial charge in [0.05, 0.1) is 0 Å². The Labute approximate surface area is 99.3 Å². The highest BCUT2D eigenvalue weighted by Crippen LogP contribution is 2.16. The molecule has 0 radical (unpaired) electrons. The van der Waals surface area contributed by atoms with Crippen molar-refractivity contribution in [3.05, 3.63) is 35.4 Å². The Morgan fingerprint density at radius 2 is 1.94 bits per heavy atom. The first kappa shape index (κ1) is 12.8. The molecule has 1 nitrogen and oxygen atoms in total. The number of benzene rings is 1. The van der Waals surface area contributed by atoms with Gasteiger partial charge in [-0.2, -0.15) is 0 Å². The third-order valence-electron chi connectivity index (χ3n) is 2.71. The van der Waals surface area contributed by atoms with Crippen LogP contribution < -0.4 is 5.32 Å². The summed E-state index contributed by atoms with van der Waals surface area (Å²) in [4.78, 5) is 0. The van der Waals surface area contributed by atoms with E-state index in [1.54, 1.807) is 0 Å². The van der Waals surface area contributed by atoms with Crippen LogP contribution in [-0.4, -0.2) is 6.54 Å². The van der Waals surface area contributed by atoms with E-state index in [1.165, 1.54) is 11.1 Å². The molecule has 0 aliphatic rings. The molecule has 16 heavy (non-hydrogen) atoms. The van der Waals surface area contributed by atoms with Crippen molar-refractivity contribution in [1.82, 2.24) is 5.32 Å². The van der Waals surface area contributed by atoms with Crippen LogP contribution >= 0.6 is 0 Å². The summed E-state index contributed by atoms with van der Waals surface area (Å²) in [5.74, 6) is 5.99. The van der Waals surface area contributed by atoms with E-state index in [9.17, 15) is 0 Å². The van der Waals surface area contributed by atoms with Gasteiger partial charge in [0, 0.05) is 19.0 Å². The van der Waals surface area contributed by atoms with Gasteiger partial charge in [0.2, 0.25) is 0 Å². The predicted octanol–water partition coefficient (Wildman–Crippen LogP) is 3.45. The average Bonchev–Trinajstić information content (AvgIpc) is 2.31. The topological polar surface area (TPSA) is 12.0 Å². The first-order valence-electron chi connectivity index (χ1n) is 5.97. The number of aryl methyl sites for hydroxylation is 1. The molecule has 0 aliphatic carbocycles. The Bertz CT molecular complexity index is 353. The largest absolute Gasteiger partial charge is 0.309 e. The van der Waals surface area contributed by atoms with E-state index in [0.29, 0.717) is 6.04 Å². The Balaban J connectivity index is 2.52. The molecule has 1 atom stereocenters. The van der Waals surface area contributed by atoms with E-state index < -0.39 is 0 Å². The third kappa shape index (κ3) is 4.08. The van der Waals surface area contributed by atoms with Crippen LogP contribution in [0.3, 0.4) is 0 Å². The highest BCUT2D eigenvalue weighted by molar-refractivity contribution is 5.24. The lowest BCUT2D eigenvalue weighted by molar-refractivity contribution is 0.527. The van der Waals surface area contributed by atoms with Gasteiger partial charge in [-0.15, -0.1) is 11.8 Å². The lowest BCUT2D eigenvalue weighted by atomic mass is 10.0. The molecular formula is C15H21N. The van der Waals surface area contributed by atoms with E-state index in [2.05, 4.69) is 55.3 Å². The van der Waals surface area contributed by atoms with E-state index in [-0.39, 0.29) is 0 Å². The maximum Gasteiger partial charge on any atom is 0.0318 e. The van der Waals surface area contributed by atoms with Crippen LogP contribution in [0.4, 0.5) is 0 Å². The molecule has 0 aliphatic heterocycles. The summed E-state index contributed by atoms with van der Waals surface area (Å²) in [5.41, 5.74) is 2.69. The molecule has 0 saturated carbocycles. The summed E-state index contributed by atoms with van der Waals surface area (Å²) in [7, 11) is 0. The van der Waals surface area contributed by atoms with Crippen molar-refractivity contribution >= 4 is 0 Å². The maximum absolute atomic E-state index is 3.54. The SMILES string of the molecule is CC#CCCNC(CC)c1ccc(C)cc1. The summed E-state index contributed by atoms with van der Waals surface area (Å²) in [6.45, 7) is 7.18. The normalized spacial score (nSPS) is 11.7. The molecule has 1 N–H and O–H groups in total. The first-order valence-corrected chi connectivity index (χ1v) is 5.97. The Morgan fingerprint density at radius 3 is 2.50 bits per heavy atom. The molecule has 0 bridgehead atoms. The molecule has 0 saturated heterocycles. The lowest BCUT2D eigenvalue weighted by Crippen LogP contribution is -2.21. The summed E-state index contributed by atoms with van der Waals surface area (Å²) < 4.78 is 0. The average molecular weight is 215 g/mol. The highest BCUT2D eigenvalue weighted by atomic mass is 14.9. The molecule has 0 amide bonds. The zero-order valence-electron chi connectivity index (χ0n) is 10.5. The molecule has 0 spiro atoms. The second-order valence-electron chi connectivity index (χ2n) is 4.00. The molecule has 0 heterocycles. The van der Waals surface area contributed by atoms with Crippen LogP contribution in [0.1, 0.15) is 43.9 Å². The van der Waals surface area contributed by atoms with Crippen molar-refractivity contribution in [2.45, 2.75) is 39.7 Å². The second-order valence-corrected chi connectivity index (χ2v) is 4.00.